The average molecular weight is 264 g/mol. The molecule has 0 amide bonds. The molecule has 2 atom stereocenters. The Bertz CT molecular complexity index is 424. The Morgan fingerprint density at radius 1 is 1.44 bits per heavy atom. The van der Waals surface area contributed by atoms with E-state index in [1.165, 1.54) is 0 Å². The Balaban J connectivity index is 2.28. The molecule has 2 unspecified atom stereocenters. The number of hydrogen-bond donors (Lipinski definition) is 1. The third-order valence-electron chi connectivity index (χ3n) is 3.44. The van der Waals surface area contributed by atoms with E-state index in [0.717, 1.165) is 30.2 Å². The van der Waals surface area contributed by atoms with Crippen LogP contribution in [-0.2, 0) is 0 Å². The van der Waals surface area contributed by atoms with Crippen LogP contribution in [0, 0.1) is 11.3 Å². The van der Waals surface area contributed by atoms with E-state index in [1.54, 1.807) is 0 Å². The summed E-state index contributed by atoms with van der Waals surface area (Å²) in [6.45, 7) is 4.08. The third kappa shape index (κ3) is 2.95. The molecule has 0 aliphatic carbocycles. The van der Waals surface area contributed by atoms with Crippen molar-refractivity contribution >= 4 is 17.3 Å². The van der Waals surface area contributed by atoms with Crippen LogP contribution in [0.25, 0.3) is 0 Å². The standard InChI is InChI=1S/C14H18ClN3/c1-11-7-9-17-10-14(6-8-16)18(11)13-4-2-12(15)3-5-13/h2-5,11,14,17H,6-7,9-10H2,1H3. The lowest BCUT2D eigenvalue weighted by molar-refractivity contribution is 0.551. The minimum atomic E-state index is 0.230. The molecule has 1 aromatic rings. The topological polar surface area (TPSA) is 39.1 Å². The fraction of sp³-hybridized carbons (Fsp3) is 0.500. The summed E-state index contributed by atoms with van der Waals surface area (Å²) in [5, 5.41) is 13.1. The summed E-state index contributed by atoms with van der Waals surface area (Å²) < 4.78 is 0. The molecule has 1 aromatic carbocycles. The molecule has 3 nitrogen and oxygen atoms in total. The highest BCUT2D eigenvalue weighted by atomic mass is 35.5. The number of benzene rings is 1. The highest BCUT2D eigenvalue weighted by molar-refractivity contribution is 6.30. The molecule has 1 aliphatic heterocycles. The lowest BCUT2D eigenvalue weighted by atomic mass is 10.1. The number of nitrogens with one attached hydrogen (secondary N) is 1. The molecule has 1 heterocycles. The Kier molecular flexibility index (Phi) is 4.46. The van der Waals surface area contributed by atoms with Crippen molar-refractivity contribution in [3.05, 3.63) is 29.3 Å². The molecule has 2 rings (SSSR count). The van der Waals surface area contributed by atoms with Gasteiger partial charge in [0.1, 0.15) is 0 Å². The fourth-order valence-corrected chi connectivity index (χ4v) is 2.66. The van der Waals surface area contributed by atoms with E-state index in [-0.39, 0.29) is 6.04 Å². The van der Waals surface area contributed by atoms with Gasteiger partial charge in [-0.25, -0.2) is 0 Å². The normalized spacial score (nSPS) is 24.4. The van der Waals surface area contributed by atoms with Crippen LogP contribution in [-0.4, -0.2) is 25.2 Å². The van der Waals surface area contributed by atoms with E-state index in [4.69, 9.17) is 16.9 Å². The highest BCUT2D eigenvalue weighted by Gasteiger charge is 2.25. The molecule has 0 bridgehead atoms. The van der Waals surface area contributed by atoms with Crippen molar-refractivity contribution < 1.29 is 0 Å². The molecular formula is C14H18ClN3. The van der Waals surface area contributed by atoms with Gasteiger partial charge in [-0.05, 0) is 44.2 Å². The predicted octanol–water partition coefficient (Wildman–Crippen LogP) is 2.81. The van der Waals surface area contributed by atoms with Gasteiger partial charge in [0.25, 0.3) is 0 Å². The monoisotopic (exact) mass is 263 g/mol. The van der Waals surface area contributed by atoms with Gasteiger partial charge < -0.3 is 10.2 Å². The van der Waals surface area contributed by atoms with Crippen molar-refractivity contribution in [2.24, 2.45) is 0 Å². The van der Waals surface area contributed by atoms with Gasteiger partial charge in [-0.1, -0.05) is 11.6 Å². The van der Waals surface area contributed by atoms with Gasteiger partial charge in [-0.3, -0.25) is 0 Å². The number of anilines is 1. The molecule has 1 fully saturated rings. The summed E-state index contributed by atoms with van der Waals surface area (Å²) in [7, 11) is 0. The maximum atomic E-state index is 8.98. The molecule has 1 saturated heterocycles. The predicted molar refractivity (Wildman–Crippen MR) is 74.9 cm³/mol. The van der Waals surface area contributed by atoms with Crippen LogP contribution in [0.15, 0.2) is 24.3 Å². The van der Waals surface area contributed by atoms with E-state index < -0.39 is 0 Å². The average Bonchev–Trinajstić information content (AvgIpc) is 2.53. The Morgan fingerprint density at radius 2 is 2.17 bits per heavy atom. The van der Waals surface area contributed by atoms with Gasteiger partial charge in [0.05, 0.1) is 18.5 Å². The van der Waals surface area contributed by atoms with Crippen LogP contribution in [0.2, 0.25) is 5.02 Å². The first-order valence-electron chi connectivity index (χ1n) is 6.34. The molecule has 0 radical (unpaired) electrons. The van der Waals surface area contributed by atoms with Crippen molar-refractivity contribution in [1.29, 1.82) is 5.26 Å². The maximum Gasteiger partial charge on any atom is 0.0643 e. The minimum absolute atomic E-state index is 0.230. The van der Waals surface area contributed by atoms with Gasteiger partial charge in [0, 0.05) is 23.3 Å². The zero-order valence-electron chi connectivity index (χ0n) is 10.6. The zero-order valence-corrected chi connectivity index (χ0v) is 11.3. The number of nitrogens with zero attached hydrogens (tertiary/aromatic N) is 2. The molecule has 0 spiro atoms. The molecule has 18 heavy (non-hydrogen) atoms. The largest absolute Gasteiger partial charge is 0.363 e. The molecular weight excluding hydrogens is 246 g/mol. The van der Waals surface area contributed by atoms with Gasteiger partial charge in [0.15, 0.2) is 0 Å². The van der Waals surface area contributed by atoms with Crippen LogP contribution < -0.4 is 10.2 Å². The molecule has 1 aliphatic rings. The first-order valence-corrected chi connectivity index (χ1v) is 6.71. The van der Waals surface area contributed by atoms with Crippen molar-refractivity contribution in [3.63, 3.8) is 0 Å². The Hall–Kier alpha value is -1.24. The first-order chi connectivity index (χ1) is 8.72. The highest BCUT2D eigenvalue weighted by Crippen LogP contribution is 2.25. The second-order valence-corrected chi connectivity index (χ2v) is 5.18. The lowest BCUT2D eigenvalue weighted by Crippen LogP contribution is -2.43. The second-order valence-electron chi connectivity index (χ2n) is 4.74. The van der Waals surface area contributed by atoms with Gasteiger partial charge in [0.2, 0.25) is 0 Å². The number of hydrogen-bond acceptors (Lipinski definition) is 3. The van der Waals surface area contributed by atoms with E-state index in [2.05, 4.69) is 23.2 Å². The van der Waals surface area contributed by atoms with E-state index in [1.807, 2.05) is 24.3 Å². The summed E-state index contributed by atoms with van der Waals surface area (Å²) in [5.74, 6) is 0. The van der Waals surface area contributed by atoms with Crippen molar-refractivity contribution in [2.75, 3.05) is 18.0 Å². The van der Waals surface area contributed by atoms with E-state index in [9.17, 15) is 0 Å². The number of rotatable bonds is 2. The van der Waals surface area contributed by atoms with Gasteiger partial charge >= 0.3 is 0 Å². The molecule has 4 heteroatoms. The summed E-state index contributed by atoms with van der Waals surface area (Å²) in [5.41, 5.74) is 1.15. The SMILES string of the molecule is CC1CCNCC(CC#N)N1c1ccc(Cl)cc1. The Labute approximate surface area is 113 Å². The molecule has 96 valence electrons. The minimum Gasteiger partial charge on any atom is -0.363 e. The van der Waals surface area contributed by atoms with Gasteiger partial charge in [-0.15, -0.1) is 0 Å². The fourth-order valence-electron chi connectivity index (χ4n) is 2.53. The van der Waals surface area contributed by atoms with Crippen LogP contribution in [0.4, 0.5) is 5.69 Å². The summed E-state index contributed by atoms with van der Waals surface area (Å²) in [6, 6.07) is 10.8. The lowest BCUT2D eigenvalue weighted by Gasteiger charge is -2.35. The summed E-state index contributed by atoms with van der Waals surface area (Å²) in [4.78, 5) is 2.35. The van der Waals surface area contributed by atoms with Gasteiger partial charge in [-0.2, -0.15) is 5.26 Å². The van der Waals surface area contributed by atoms with E-state index in [0.29, 0.717) is 12.5 Å². The second kappa shape index (κ2) is 6.08. The van der Waals surface area contributed by atoms with Crippen LogP contribution in [0.1, 0.15) is 19.8 Å². The smallest absolute Gasteiger partial charge is 0.0643 e. The molecule has 1 N–H and O–H groups in total. The zero-order chi connectivity index (χ0) is 13.0. The van der Waals surface area contributed by atoms with Crippen LogP contribution >= 0.6 is 11.6 Å². The van der Waals surface area contributed by atoms with Crippen molar-refractivity contribution in [1.82, 2.24) is 5.32 Å². The first kappa shape index (κ1) is 13.2. The van der Waals surface area contributed by atoms with Crippen molar-refractivity contribution in [3.8, 4) is 6.07 Å². The van der Waals surface area contributed by atoms with Crippen molar-refractivity contribution in [2.45, 2.75) is 31.8 Å². The number of halogens is 1. The maximum absolute atomic E-state index is 8.98. The van der Waals surface area contributed by atoms with E-state index >= 15 is 0 Å². The summed E-state index contributed by atoms with van der Waals surface area (Å²) in [6.07, 6.45) is 1.63. The summed E-state index contributed by atoms with van der Waals surface area (Å²) >= 11 is 5.93. The molecule has 0 saturated carbocycles. The third-order valence-corrected chi connectivity index (χ3v) is 3.69. The van der Waals surface area contributed by atoms with Crippen LogP contribution in [0.3, 0.4) is 0 Å². The van der Waals surface area contributed by atoms with Crippen LogP contribution in [0.5, 0.6) is 0 Å². The molecule has 0 aromatic heterocycles. The number of nitriles is 1. The Morgan fingerprint density at radius 3 is 2.83 bits per heavy atom. The quantitative estimate of drug-likeness (QED) is 0.892.